The molecule has 2 fully saturated rings. The van der Waals surface area contributed by atoms with Gasteiger partial charge in [0.1, 0.15) is 0 Å². The topological polar surface area (TPSA) is 23.5 Å². The van der Waals surface area contributed by atoms with Crippen molar-refractivity contribution in [1.82, 2.24) is 4.90 Å². The Kier molecular flexibility index (Phi) is 3.09. The average molecular weight is 211 g/mol. The quantitative estimate of drug-likeness (QED) is 0.774. The highest BCUT2D eigenvalue weighted by Crippen LogP contribution is 2.38. The third kappa shape index (κ3) is 2.54. The van der Waals surface area contributed by atoms with Gasteiger partial charge in [0.15, 0.2) is 0 Å². The van der Waals surface area contributed by atoms with E-state index in [1.165, 1.54) is 38.6 Å². The highest BCUT2D eigenvalue weighted by atomic mass is 16.3. The molecule has 2 atom stereocenters. The Morgan fingerprint density at radius 1 is 1.27 bits per heavy atom. The standard InChI is InChI=1S/C13H25NO/c1-13(2)8-4-5-11(12(13)15)14(3)9-10-6-7-10/h10-12,15H,4-9H2,1-3H3. The van der Waals surface area contributed by atoms with Gasteiger partial charge in [-0.05, 0) is 44.1 Å². The molecular formula is C13H25NO. The van der Waals surface area contributed by atoms with E-state index in [4.69, 9.17) is 0 Å². The molecule has 0 bridgehead atoms. The highest BCUT2D eigenvalue weighted by molar-refractivity contribution is 4.93. The highest BCUT2D eigenvalue weighted by Gasteiger charge is 2.40. The molecule has 0 heterocycles. The van der Waals surface area contributed by atoms with Crippen molar-refractivity contribution < 1.29 is 5.11 Å². The van der Waals surface area contributed by atoms with Gasteiger partial charge in [0, 0.05) is 12.6 Å². The van der Waals surface area contributed by atoms with Crippen molar-refractivity contribution in [2.75, 3.05) is 13.6 Å². The number of aliphatic hydroxyl groups excluding tert-OH is 1. The van der Waals surface area contributed by atoms with Gasteiger partial charge >= 0.3 is 0 Å². The molecule has 0 amide bonds. The van der Waals surface area contributed by atoms with Gasteiger partial charge in [-0.3, -0.25) is 0 Å². The summed E-state index contributed by atoms with van der Waals surface area (Å²) in [5.74, 6) is 0.923. The van der Waals surface area contributed by atoms with Gasteiger partial charge in [-0.2, -0.15) is 0 Å². The van der Waals surface area contributed by atoms with Crippen LogP contribution in [0.5, 0.6) is 0 Å². The van der Waals surface area contributed by atoms with E-state index < -0.39 is 0 Å². The van der Waals surface area contributed by atoms with Gasteiger partial charge in [0.25, 0.3) is 0 Å². The molecule has 15 heavy (non-hydrogen) atoms. The van der Waals surface area contributed by atoms with Crippen molar-refractivity contribution in [2.45, 2.75) is 58.1 Å². The van der Waals surface area contributed by atoms with Gasteiger partial charge < -0.3 is 10.0 Å². The molecule has 0 aromatic carbocycles. The zero-order valence-electron chi connectivity index (χ0n) is 10.4. The zero-order valence-corrected chi connectivity index (χ0v) is 10.4. The van der Waals surface area contributed by atoms with E-state index in [1.54, 1.807) is 0 Å². The summed E-state index contributed by atoms with van der Waals surface area (Å²) in [6.07, 6.45) is 6.27. The van der Waals surface area contributed by atoms with Crippen molar-refractivity contribution >= 4 is 0 Å². The maximum atomic E-state index is 10.4. The van der Waals surface area contributed by atoms with Gasteiger partial charge in [0.2, 0.25) is 0 Å². The van der Waals surface area contributed by atoms with E-state index in [0.29, 0.717) is 6.04 Å². The van der Waals surface area contributed by atoms with Crippen LogP contribution in [0.4, 0.5) is 0 Å². The maximum Gasteiger partial charge on any atom is 0.0746 e. The fourth-order valence-electron chi connectivity index (χ4n) is 2.90. The summed E-state index contributed by atoms with van der Waals surface area (Å²) < 4.78 is 0. The van der Waals surface area contributed by atoms with E-state index in [0.717, 1.165) is 5.92 Å². The predicted octanol–water partition coefficient (Wildman–Crippen LogP) is 2.27. The molecular weight excluding hydrogens is 186 g/mol. The number of rotatable bonds is 3. The van der Waals surface area contributed by atoms with Crippen molar-refractivity contribution in [3.8, 4) is 0 Å². The maximum absolute atomic E-state index is 10.4. The number of hydrogen-bond donors (Lipinski definition) is 1. The Labute approximate surface area is 93.7 Å². The SMILES string of the molecule is CN(CC1CC1)C1CCCC(C)(C)C1O. The first-order valence-electron chi connectivity index (χ1n) is 6.39. The number of likely N-dealkylation sites (N-methyl/N-ethyl adjacent to an activating group) is 1. The minimum Gasteiger partial charge on any atom is -0.391 e. The molecule has 1 N–H and O–H groups in total. The normalized spacial score (nSPS) is 35.8. The molecule has 0 aromatic rings. The first-order valence-corrected chi connectivity index (χ1v) is 6.39. The Hall–Kier alpha value is -0.0800. The Bertz CT molecular complexity index is 223. The van der Waals surface area contributed by atoms with E-state index in [-0.39, 0.29) is 11.5 Å². The second kappa shape index (κ2) is 4.06. The van der Waals surface area contributed by atoms with E-state index in [1.807, 2.05) is 0 Å². The van der Waals surface area contributed by atoms with Crippen molar-refractivity contribution in [3.05, 3.63) is 0 Å². The first kappa shape index (κ1) is 11.4. The van der Waals surface area contributed by atoms with Crippen LogP contribution < -0.4 is 0 Å². The molecule has 2 aliphatic carbocycles. The molecule has 0 aliphatic heterocycles. The fraction of sp³-hybridized carbons (Fsp3) is 1.00. The molecule has 2 rings (SSSR count). The summed E-state index contributed by atoms with van der Waals surface area (Å²) in [6, 6.07) is 0.398. The lowest BCUT2D eigenvalue weighted by Gasteiger charge is -2.44. The lowest BCUT2D eigenvalue weighted by molar-refractivity contribution is -0.0512. The molecule has 2 unspecified atom stereocenters. The largest absolute Gasteiger partial charge is 0.391 e. The van der Waals surface area contributed by atoms with E-state index >= 15 is 0 Å². The second-order valence-corrected chi connectivity index (χ2v) is 6.28. The van der Waals surface area contributed by atoms with Crippen LogP contribution in [0, 0.1) is 11.3 Å². The predicted molar refractivity (Wildman–Crippen MR) is 62.8 cm³/mol. The van der Waals surface area contributed by atoms with Crippen LogP contribution in [0.3, 0.4) is 0 Å². The summed E-state index contributed by atoms with van der Waals surface area (Å²) >= 11 is 0. The smallest absolute Gasteiger partial charge is 0.0746 e. The minimum atomic E-state index is -0.144. The summed E-state index contributed by atoms with van der Waals surface area (Å²) in [4.78, 5) is 2.41. The molecule has 88 valence electrons. The molecule has 0 saturated heterocycles. The number of aliphatic hydroxyl groups is 1. The monoisotopic (exact) mass is 211 g/mol. The van der Waals surface area contributed by atoms with Crippen LogP contribution in [-0.4, -0.2) is 35.7 Å². The van der Waals surface area contributed by atoms with Gasteiger partial charge in [-0.15, -0.1) is 0 Å². The van der Waals surface area contributed by atoms with Crippen LogP contribution >= 0.6 is 0 Å². The summed E-state index contributed by atoms with van der Waals surface area (Å²) in [5, 5.41) is 10.4. The molecule has 2 saturated carbocycles. The lowest BCUT2D eigenvalue weighted by Crippen LogP contribution is -2.51. The van der Waals surface area contributed by atoms with Crippen molar-refractivity contribution in [3.63, 3.8) is 0 Å². The van der Waals surface area contributed by atoms with Gasteiger partial charge in [-0.25, -0.2) is 0 Å². The van der Waals surface area contributed by atoms with Gasteiger partial charge in [-0.1, -0.05) is 20.3 Å². The fourth-order valence-corrected chi connectivity index (χ4v) is 2.90. The third-order valence-electron chi connectivity index (χ3n) is 4.30. The van der Waals surface area contributed by atoms with Crippen LogP contribution in [0.2, 0.25) is 0 Å². The van der Waals surface area contributed by atoms with E-state index in [2.05, 4.69) is 25.8 Å². The number of nitrogens with zero attached hydrogens (tertiary/aromatic N) is 1. The Balaban J connectivity index is 1.94. The zero-order chi connectivity index (χ0) is 11.1. The summed E-state index contributed by atoms with van der Waals surface area (Å²) in [5.41, 5.74) is 0.112. The van der Waals surface area contributed by atoms with Gasteiger partial charge in [0.05, 0.1) is 6.10 Å². The molecule has 0 radical (unpaired) electrons. The first-order chi connectivity index (χ1) is 7.00. The molecule has 2 aliphatic rings. The lowest BCUT2D eigenvalue weighted by atomic mass is 9.72. The molecule has 0 spiro atoms. The second-order valence-electron chi connectivity index (χ2n) is 6.28. The van der Waals surface area contributed by atoms with Crippen molar-refractivity contribution in [1.29, 1.82) is 0 Å². The Morgan fingerprint density at radius 2 is 1.93 bits per heavy atom. The van der Waals surface area contributed by atoms with Crippen LogP contribution in [0.1, 0.15) is 46.0 Å². The molecule has 0 aromatic heterocycles. The van der Waals surface area contributed by atoms with Crippen molar-refractivity contribution in [2.24, 2.45) is 11.3 Å². The molecule has 2 heteroatoms. The summed E-state index contributed by atoms with van der Waals surface area (Å²) in [7, 11) is 2.19. The Morgan fingerprint density at radius 3 is 2.53 bits per heavy atom. The number of hydrogen-bond acceptors (Lipinski definition) is 2. The van der Waals surface area contributed by atoms with Crippen LogP contribution in [0.25, 0.3) is 0 Å². The average Bonchev–Trinajstić information content (AvgIpc) is 2.93. The third-order valence-corrected chi connectivity index (χ3v) is 4.30. The van der Waals surface area contributed by atoms with E-state index in [9.17, 15) is 5.11 Å². The van der Waals surface area contributed by atoms with Crippen LogP contribution in [-0.2, 0) is 0 Å². The minimum absolute atomic E-state index is 0.112. The van der Waals surface area contributed by atoms with Crippen LogP contribution in [0.15, 0.2) is 0 Å². The summed E-state index contributed by atoms with van der Waals surface area (Å²) in [6.45, 7) is 5.60. The molecule has 2 nitrogen and oxygen atoms in total.